The molecule has 2 unspecified atom stereocenters. The summed E-state index contributed by atoms with van der Waals surface area (Å²) in [7, 11) is 0. The number of aromatic nitrogens is 4. The highest BCUT2D eigenvalue weighted by atomic mass is 16.6. The summed E-state index contributed by atoms with van der Waals surface area (Å²) < 4.78 is 12.7. The molecular formula is C24H33N7O6. The molecule has 0 aliphatic carbocycles. The van der Waals surface area contributed by atoms with Crippen molar-refractivity contribution in [2.24, 2.45) is 0 Å². The zero-order valence-corrected chi connectivity index (χ0v) is 20.8. The lowest BCUT2D eigenvalue weighted by atomic mass is 10.1. The number of hydrogen-bond acceptors (Lipinski definition) is 11. The Morgan fingerprint density at radius 2 is 1.92 bits per heavy atom. The summed E-state index contributed by atoms with van der Waals surface area (Å²) in [6.07, 6.45) is -2.36. The Labute approximate surface area is 213 Å². The lowest BCUT2D eigenvalue weighted by Gasteiger charge is -2.18. The summed E-state index contributed by atoms with van der Waals surface area (Å²) in [5.74, 6) is 0.998. The van der Waals surface area contributed by atoms with Crippen LogP contribution in [-0.2, 0) is 16.0 Å². The Hall–Kier alpha value is -3.52. The maximum atomic E-state index is 12.1. The third kappa shape index (κ3) is 5.74. The number of nitrogen functional groups attached to an aromatic ring is 1. The van der Waals surface area contributed by atoms with Crippen molar-refractivity contribution in [3.63, 3.8) is 0 Å². The first-order chi connectivity index (χ1) is 17.9. The zero-order valence-electron chi connectivity index (χ0n) is 20.8. The van der Waals surface area contributed by atoms with Crippen LogP contribution in [0.5, 0.6) is 5.75 Å². The molecule has 13 heteroatoms. The molecule has 6 N–H and O–H groups in total. The van der Waals surface area contributed by atoms with Crippen LogP contribution in [0.25, 0.3) is 11.2 Å². The topological polar surface area (TPSA) is 181 Å². The first-order valence-corrected chi connectivity index (χ1v) is 12.2. The van der Waals surface area contributed by atoms with Gasteiger partial charge in [0.05, 0.1) is 12.9 Å². The number of likely N-dealkylation sites (N-methyl/N-ethyl adjacent to an activating group) is 1. The van der Waals surface area contributed by atoms with Crippen molar-refractivity contribution < 1.29 is 29.6 Å². The molecule has 4 atom stereocenters. The van der Waals surface area contributed by atoms with Gasteiger partial charge in [0.1, 0.15) is 29.6 Å². The highest BCUT2D eigenvalue weighted by Crippen LogP contribution is 2.32. The molecule has 3 heterocycles. The number of carbonyl (C=O) groups excluding carboxylic acids is 1. The normalized spacial score (nSPS) is 21.3. The van der Waals surface area contributed by atoms with Crippen molar-refractivity contribution in [2.75, 3.05) is 43.9 Å². The summed E-state index contributed by atoms with van der Waals surface area (Å²) in [4.78, 5) is 26.7. The average Bonchev–Trinajstić information content (AvgIpc) is 3.45. The van der Waals surface area contributed by atoms with Gasteiger partial charge in [-0.25, -0.2) is 4.98 Å². The molecule has 0 spiro atoms. The molecule has 0 radical (unpaired) electrons. The number of hydrogen-bond donors (Lipinski definition) is 5. The zero-order chi connectivity index (χ0) is 26.5. The lowest BCUT2D eigenvalue weighted by molar-refractivity contribution is -0.132. The van der Waals surface area contributed by atoms with Gasteiger partial charge >= 0.3 is 0 Å². The van der Waals surface area contributed by atoms with E-state index in [-0.39, 0.29) is 24.3 Å². The van der Waals surface area contributed by atoms with E-state index < -0.39 is 31.1 Å². The Morgan fingerprint density at radius 3 is 2.57 bits per heavy atom. The summed E-state index contributed by atoms with van der Waals surface area (Å²) in [6.45, 7) is 5.24. The Morgan fingerprint density at radius 1 is 1.19 bits per heavy atom. The van der Waals surface area contributed by atoms with Gasteiger partial charge < -0.3 is 40.7 Å². The second kappa shape index (κ2) is 11.7. The maximum Gasteiger partial charge on any atom is 0.260 e. The van der Waals surface area contributed by atoms with Crippen LogP contribution in [0, 0.1) is 0 Å². The molecule has 3 aromatic rings. The number of amides is 1. The van der Waals surface area contributed by atoms with Crippen molar-refractivity contribution in [3.05, 3.63) is 36.2 Å². The second-order valence-electron chi connectivity index (χ2n) is 8.66. The van der Waals surface area contributed by atoms with Crippen molar-refractivity contribution in [3.8, 4) is 5.75 Å². The average molecular weight is 516 g/mol. The van der Waals surface area contributed by atoms with Crippen LogP contribution in [0.4, 0.5) is 11.8 Å². The van der Waals surface area contributed by atoms with E-state index in [2.05, 4.69) is 20.3 Å². The van der Waals surface area contributed by atoms with Crippen LogP contribution in [-0.4, -0.2) is 96.8 Å². The van der Waals surface area contributed by atoms with Gasteiger partial charge in [0.25, 0.3) is 5.91 Å². The minimum Gasteiger partial charge on any atom is -0.484 e. The third-order valence-corrected chi connectivity index (χ3v) is 6.34. The molecule has 1 aliphatic rings. The number of nitrogens with zero attached hydrogens (tertiary/aromatic N) is 5. The Balaban J connectivity index is 1.36. The van der Waals surface area contributed by atoms with E-state index >= 15 is 0 Å². The molecule has 0 bridgehead atoms. The molecule has 200 valence electrons. The van der Waals surface area contributed by atoms with Gasteiger partial charge in [0.2, 0.25) is 5.95 Å². The fourth-order valence-electron chi connectivity index (χ4n) is 4.20. The van der Waals surface area contributed by atoms with Gasteiger partial charge in [-0.1, -0.05) is 12.1 Å². The van der Waals surface area contributed by atoms with Gasteiger partial charge in [-0.05, 0) is 38.0 Å². The van der Waals surface area contributed by atoms with E-state index in [9.17, 15) is 20.1 Å². The highest BCUT2D eigenvalue weighted by molar-refractivity contribution is 5.83. The van der Waals surface area contributed by atoms with Crippen LogP contribution >= 0.6 is 0 Å². The number of benzene rings is 1. The number of carbonyl (C=O) groups is 1. The van der Waals surface area contributed by atoms with Gasteiger partial charge in [-0.2, -0.15) is 9.97 Å². The number of nitrogens with two attached hydrogens (primary N) is 1. The largest absolute Gasteiger partial charge is 0.484 e. The van der Waals surface area contributed by atoms with E-state index in [4.69, 9.17) is 15.2 Å². The molecule has 13 nitrogen and oxygen atoms in total. The standard InChI is InChI=1S/C24H33N7O6/c1-3-30(4-2)17(33)12-36-15-7-5-14(6-8-15)9-10-26-24-28-21(25)18-22(29-24)31(13-27-18)23-20(35)19(34)16(11-32)37-23/h5-8,13,16,19-20,23,32,34-35H,3-4,9-12H2,1-2H3,(H3,25,26,28,29)/t16-,19?,20?,23-/m1/s1. The molecular weight excluding hydrogens is 482 g/mol. The van der Waals surface area contributed by atoms with Crippen LogP contribution < -0.4 is 15.8 Å². The SMILES string of the molecule is CCN(CC)C(=O)COc1ccc(CCNc2nc(N)c3ncn([C@@H]4O[C@H](CO)C(O)C4O)c3n2)cc1. The monoisotopic (exact) mass is 515 g/mol. The minimum absolute atomic E-state index is 0.00292. The minimum atomic E-state index is -1.27. The number of imidazole rings is 1. The van der Waals surface area contributed by atoms with Crippen LogP contribution in [0.3, 0.4) is 0 Å². The number of nitrogens with one attached hydrogen (secondary N) is 1. The van der Waals surface area contributed by atoms with Crippen LogP contribution in [0.2, 0.25) is 0 Å². The van der Waals surface area contributed by atoms with Crippen molar-refractivity contribution >= 4 is 28.8 Å². The first kappa shape index (κ1) is 26.5. The molecule has 37 heavy (non-hydrogen) atoms. The second-order valence-corrected chi connectivity index (χ2v) is 8.66. The number of fused-ring (bicyclic) bond motifs is 1. The number of aliphatic hydroxyl groups excluding tert-OH is 3. The number of rotatable bonds is 11. The molecule has 1 fully saturated rings. The summed E-state index contributed by atoms with van der Waals surface area (Å²) in [5.41, 5.74) is 7.77. The first-order valence-electron chi connectivity index (χ1n) is 12.2. The van der Waals surface area contributed by atoms with Gasteiger partial charge in [-0.3, -0.25) is 9.36 Å². The number of anilines is 2. The molecule has 0 saturated carbocycles. The van der Waals surface area contributed by atoms with E-state index in [1.54, 1.807) is 4.90 Å². The fraction of sp³-hybridized carbons (Fsp3) is 0.500. The van der Waals surface area contributed by atoms with Crippen molar-refractivity contribution in [2.45, 2.75) is 44.8 Å². The summed E-state index contributed by atoms with van der Waals surface area (Å²) in [5, 5.41) is 33.0. The van der Waals surface area contributed by atoms with Crippen molar-refractivity contribution in [1.82, 2.24) is 24.4 Å². The molecule has 1 amide bonds. The summed E-state index contributed by atoms with van der Waals surface area (Å²) in [6, 6.07) is 7.50. The molecule has 2 aromatic heterocycles. The maximum absolute atomic E-state index is 12.1. The fourth-order valence-corrected chi connectivity index (χ4v) is 4.20. The lowest BCUT2D eigenvalue weighted by Crippen LogP contribution is -2.34. The van der Waals surface area contributed by atoms with Gasteiger partial charge in [0.15, 0.2) is 24.3 Å². The predicted octanol–water partition coefficient (Wildman–Crippen LogP) is -0.0782. The molecule has 4 rings (SSSR count). The van der Waals surface area contributed by atoms with E-state index in [1.165, 1.54) is 10.9 Å². The van der Waals surface area contributed by atoms with Crippen LogP contribution in [0.1, 0.15) is 25.6 Å². The molecule has 1 aliphatic heterocycles. The predicted molar refractivity (Wildman–Crippen MR) is 135 cm³/mol. The Kier molecular flexibility index (Phi) is 8.38. The van der Waals surface area contributed by atoms with E-state index in [0.29, 0.717) is 43.0 Å². The summed E-state index contributed by atoms with van der Waals surface area (Å²) >= 11 is 0. The Bertz CT molecular complexity index is 1200. The molecule has 1 aromatic carbocycles. The van der Waals surface area contributed by atoms with Crippen molar-refractivity contribution in [1.29, 1.82) is 0 Å². The highest BCUT2D eigenvalue weighted by Gasteiger charge is 2.44. The van der Waals surface area contributed by atoms with E-state index in [1.807, 2.05) is 38.1 Å². The quantitative estimate of drug-likeness (QED) is 0.230. The van der Waals surface area contributed by atoms with Gasteiger partial charge in [-0.15, -0.1) is 0 Å². The van der Waals surface area contributed by atoms with Crippen LogP contribution in [0.15, 0.2) is 30.6 Å². The number of ether oxygens (including phenoxy) is 2. The molecule has 1 saturated heterocycles. The van der Waals surface area contributed by atoms with E-state index in [0.717, 1.165) is 5.56 Å². The number of aliphatic hydroxyl groups is 3. The van der Waals surface area contributed by atoms with Gasteiger partial charge in [0, 0.05) is 19.6 Å². The third-order valence-electron chi connectivity index (χ3n) is 6.34. The smallest absolute Gasteiger partial charge is 0.260 e.